The molecule has 2 fully saturated rings. The fourth-order valence-electron chi connectivity index (χ4n) is 4.26. The van der Waals surface area contributed by atoms with E-state index in [0.717, 1.165) is 50.7 Å². The number of benzene rings is 1. The highest BCUT2D eigenvalue weighted by Crippen LogP contribution is 2.26. The first kappa shape index (κ1) is 21.1. The Bertz CT molecular complexity index is 921. The number of aromatic nitrogens is 2. The zero-order chi connectivity index (χ0) is 21.6. The number of hydrogen-bond donors (Lipinski definition) is 1. The van der Waals surface area contributed by atoms with Crippen LogP contribution in [0.25, 0.3) is 0 Å². The molecular formula is C23H29N5O3. The third-order valence-corrected chi connectivity index (χ3v) is 6.06. The van der Waals surface area contributed by atoms with Gasteiger partial charge in [0.25, 0.3) is 0 Å². The molecule has 3 heterocycles. The van der Waals surface area contributed by atoms with Gasteiger partial charge in [-0.25, -0.2) is 14.8 Å². The van der Waals surface area contributed by atoms with Crippen LogP contribution in [0.2, 0.25) is 0 Å². The summed E-state index contributed by atoms with van der Waals surface area (Å²) >= 11 is 0. The van der Waals surface area contributed by atoms with Crippen molar-refractivity contribution in [2.45, 2.75) is 32.1 Å². The lowest BCUT2D eigenvalue weighted by Crippen LogP contribution is -2.39. The predicted molar refractivity (Wildman–Crippen MR) is 119 cm³/mol. The van der Waals surface area contributed by atoms with Gasteiger partial charge in [0.05, 0.1) is 12.7 Å². The molecule has 0 unspecified atom stereocenters. The molecule has 0 aliphatic carbocycles. The Morgan fingerprint density at radius 1 is 0.968 bits per heavy atom. The Labute approximate surface area is 182 Å². The third kappa shape index (κ3) is 5.13. The largest absolute Gasteiger partial charge is 0.465 e. The first-order valence-electron chi connectivity index (χ1n) is 11.0. The van der Waals surface area contributed by atoms with Crippen LogP contribution >= 0.6 is 0 Å². The number of carbonyl (C=O) groups excluding carboxylic acids is 2. The van der Waals surface area contributed by atoms with Gasteiger partial charge in [0.1, 0.15) is 18.0 Å². The number of hydrogen-bond acceptors (Lipinski definition) is 7. The second kappa shape index (κ2) is 9.76. The average molecular weight is 424 g/mol. The molecule has 1 N–H and O–H groups in total. The van der Waals surface area contributed by atoms with E-state index < -0.39 is 5.97 Å². The number of esters is 1. The molecule has 0 atom stereocenters. The minimum Gasteiger partial charge on any atom is -0.465 e. The summed E-state index contributed by atoms with van der Waals surface area (Å²) in [5.74, 6) is 1.42. The molecule has 0 radical (unpaired) electrons. The maximum atomic E-state index is 12.7. The maximum absolute atomic E-state index is 12.7. The van der Waals surface area contributed by atoms with Crippen molar-refractivity contribution >= 4 is 29.2 Å². The fourth-order valence-corrected chi connectivity index (χ4v) is 4.26. The number of anilines is 3. The maximum Gasteiger partial charge on any atom is 0.337 e. The monoisotopic (exact) mass is 423 g/mol. The van der Waals surface area contributed by atoms with E-state index in [0.29, 0.717) is 11.3 Å². The lowest BCUT2D eigenvalue weighted by atomic mass is 9.95. The Morgan fingerprint density at radius 2 is 1.65 bits per heavy atom. The first-order chi connectivity index (χ1) is 15.1. The van der Waals surface area contributed by atoms with E-state index in [-0.39, 0.29) is 11.8 Å². The number of methoxy groups -OCH3 is 1. The van der Waals surface area contributed by atoms with E-state index in [1.165, 1.54) is 26.4 Å². The molecule has 0 spiro atoms. The lowest BCUT2D eigenvalue weighted by Gasteiger charge is -2.33. The Balaban J connectivity index is 1.33. The molecular weight excluding hydrogens is 394 g/mol. The van der Waals surface area contributed by atoms with E-state index in [2.05, 4.69) is 31.2 Å². The van der Waals surface area contributed by atoms with Crippen LogP contribution in [-0.2, 0) is 9.53 Å². The van der Waals surface area contributed by atoms with Gasteiger partial charge in [0.15, 0.2) is 0 Å². The molecule has 164 valence electrons. The summed E-state index contributed by atoms with van der Waals surface area (Å²) in [4.78, 5) is 37.9. The van der Waals surface area contributed by atoms with Crippen molar-refractivity contribution in [1.82, 2.24) is 9.97 Å². The van der Waals surface area contributed by atoms with Crippen LogP contribution in [0.3, 0.4) is 0 Å². The van der Waals surface area contributed by atoms with E-state index in [1.807, 2.05) is 0 Å². The highest BCUT2D eigenvalue weighted by Gasteiger charge is 2.26. The van der Waals surface area contributed by atoms with Gasteiger partial charge >= 0.3 is 5.97 Å². The van der Waals surface area contributed by atoms with Crippen LogP contribution < -0.4 is 15.1 Å². The van der Waals surface area contributed by atoms with Crippen molar-refractivity contribution in [3.05, 3.63) is 42.2 Å². The topological polar surface area (TPSA) is 87.7 Å². The van der Waals surface area contributed by atoms with E-state index >= 15 is 0 Å². The number of rotatable bonds is 5. The number of amides is 1. The third-order valence-electron chi connectivity index (χ3n) is 6.06. The molecule has 1 amide bonds. The molecule has 0 bridgehead atoms. The number of piperidine rings is 2. The molecule has 2 aliphatic heterocycles. The molecule has 8 nitrogen and oxygen atoms in total. The van der Waals surface area contributed by atoms with Gasteiger partial charge < -0.3 is 19.9 Å². The first-order valence-corrected chi connectivity index (χ1v) is 11.0. The van der Waals surface area contributed by atoms with Gasteiger partial charge in [-0.15, -0.1) is 0 Å². The second-order valence-corrected chi connectivity index (χ2v) is 8.11. The quantitative estimate of drug-likeness (QED) is 0.740. The fraction of sp³-hybridized carbons (Fsp3) is 0.478. The molecule has 2 aromatic rings. The highest BCUT2D eigenvalue weighted by molar-refractivity contribution is 5.95. The Kier molecular flexibility index (Phi) is 6.64. The predicted octanol–water partition coefficient (Wildman–Crippen LogP) is 3.11. The zero-order valence-corrected chi connectivity index (χ0v) is 17.9. The lowest BCUT2D eigenvalue weighted by molar-refractivity contribution is -0.120. The van der Waals surface area contributed by atoms with E-state index in [1.54, 1.807) is 30.6 Å². The number of carbonyl (C=O) groups is 2. The van der Waals surface area contributed by atoms with Crippen molar-refractivity contribution in [3.8, 4) is 0 Å². The van der Waals surface area contributed by atoms with Gasteiger partial charge in [-0.2, -0.15) is 0 Å². The number of ether oxygens (including phenoxy) is 1. The summed E-state index contributed by atoms with van der Waals surface area (Å²) in [5.41, 5.74) is 1.03. The Hall–Kier alpha value is -3.16. The van der Waals surface area contributed by atoms with E-state index in [4.69, 9.17) is 4.74 Å². The van der Waals surface area contributed by atoms with Crippen molar-refractivity contribution in [2.24, 2.45) is 5.92 Å². The van der Waals surface area contributed by atoms with Crippen LogP contribution in [0.4, 0.5) is 17.3 Å². The van der Waals surface area contributed by atoms with Gasteiger partial charge in [0.2, 0.25) is 5.91 Å². The van der Waals surface area contributed by atoms with Crippen molar-refractivity contribution in [3.63, 3.8) is 0 Å². The zero-order valence-electron chi connectivity index (χ0n) is 17.9. The van der Waals surface area contributed by atoms with Crippen molar-refractivity contribution in [1.29, 1.82) is 0 Å². The molecule has 2 aliphatic rings. The summed E-state index contributed by atoms with van der Waals surface area (Å²) in [6.07, 6.45) is 6.87. The summed E-state index contributed by atoms with van der Waals surface area (Å²) < 4.78 is 4.74. The average Bonchev–Trinajstić information content (AvgIpc) is 2.84. The minimum atomic E-state index is -0.418. The normalized spacial score (nSPS) is 17.3. The number of nitrogens with one attached hydrogen (secondary N) is 1. The molecule has 1 aromatic heterocycles. The smallest absolute Gasteiger partial charge is 0.337 e. The highest BCUT2D eigenvalue weighted by atomic mass is 16.5. The van der Waals surface area contributed by atoms with Gasteiger partial charge in [-0.3, -0.25) is 4.79 Å². The molecule has 0 saturated carbocycles. The van der Waals surface area contributed by atoms with Crippen molar-refractivity contribution < 1.29 is 14.3 Å². The van der Waals surface area contributed by atoms with Gasteiger partial charge in [0, 0.05) is 43.9 Å². The van der Waals surface area contributed by atoms with Gasteiger partial charge in [-0.1, -0.05) is 6.07 Å². The van der Waals surface area contributed by atoms with Gasteiger partial charge in [-0.05, 0) is 50.3 Å². The van der Waals surface area contributed by atoms with Crippen LogP contribution in [0.1, 0.15) is 42.5 Å². The standard InChI is InChI=1S/C23H29N5O3/c1-31-23(30)18-6-5-7-19(14-18)26-22(29)17-8-12-28(13-9-17)21-15-20(24-16-25-21)27-10-3-2-4-11-27/h5-7,14-17H,2-4,8-13H2,1H3,(H,26,29). The summed E-state index contributed by atoms with van der Waals surface area (Å²) in [5, 5.41) is 2.94. The number of nitrogens with zero attached hydrogens (tertiary/aromatic N) is 4. The summed E-state index contributed by atoms with van der Waals surface area (Å²) in [6, 6.07) is 8.90. The molecule has 2 saturated heterocycles. The molecule has 31 heavy (non-hydrogen) atoms. The van der Waals surface area contributed by atoms with Crippen LogP contribution in [0, 0.1) is 5.92 Å². The van der Waals surface area contributed by atoms with Crippen LogP contribution in [0.15, 0.2) is 36.7 Å². The Morgan fingerprint density at radius 3 is 2.32 bits per heavy atom. The molecule has 1 aromatic carbocycles. The molecule has 8 heteroatoms. The summed E-state index contributed by atoms with van der Waals surface area (Å²) in [6.45, 7) is 3.65. The SMILES string of the molecule is COC(=O)c1cccc(NC(=O)C2CCN(c3cc(N4CCCCC4)ncn3)CC2)c1. The van der Waals surface area contributed by atoms with Crippen LogP contribution in [-0.4, -0.2) is 55.1 Å². The summed E-state index contributed by atoms with van der Waals surface area (Å²) in [7, 11) is 1.34. The van der Waals surface area contributed by atoms with Crippen LogP contribution in [0.5, 0.6) is 0 Å². The second-order valence-electron chi connectivity index (χ2n) is 8.11. The minimum absolute atomic E-state index is 0.0154. The molecule has 4 rings (SSSR count). The van der Waals surface area contributed by atoms with Crippen molar-refractivity contribution in [2.75, 3.05) is 48.4 Å². The van der Waals surface area contributed by atoms with E-state index in [9.17, 15) is 9.59 Å².